The number of thiophene rings is 1. The van der Waals surface area contributed by atoms with E-state index in [4.69, 9.17) is 9.98 Å². The fraction of sp³-hybridized carbons (Fsp3) is 0.619. The quantitative estimate of drug-likeness (QED) is 0.687. The number of rotatable bonds is 8. The summed E-state index contributed by atoms with van der Waals surface area (Å²) in [5.41, 5.74) is 3.42. The highest BCUT2D eigenvalue weighted by molar-refractivity contribution is 7.12. The van der Waals surface area contributed by atoms with Gasteiger partial charge in [0.05, 0.1) is 13.2 Å². The van der Waals surface area contributed by atoms with Crippen molar-refractivity contribution in [2.45, 2.75) is 86.0 Å². The van der Waals surface area contributed by atoms with Crippen LogP contribution in [0.15, 0.2) is 27.8 Å². The SMILES string of the molecule is CCCC(CC)N1C=C(C)C(=NCc2sc(CO)cc2C)C1=NC(C)C. The molecule has 1 aliphatic heterocycles. The maximum atomic E-state index is 9.35. The minimum Gasteiger partial charge on any atom is -0.391 e. The molecule has 1 aliphatic rings. The van der Waals surface area contributed by atoms with Crippen LogP contribution in [0.3, 0.4) is 0 Å². The molecule has 0 saturated heterocycles. The lowest BCUT2D eigenvalue weighted by Crippen LogP contribution is -2.36. The maximum absolute atomic E-state index is 9.35. The molecule has 144 valence electrons. The van der Waals surface area contributed by atoms with Crippen LogP contribution in [-0.4, -0.2) is 33.6 Å². The Bertz CT molecular complexity index is 700. The summed E-state index contributed by atoms with van der Waals surface area (Å²) in [7, 11) is 0. The van der Waals surface area contributed by atoms with Crippen molar-refractivity contribution in [3.8, 4) is 0 Å². The van der Waals surface area contributed by atoms with Crippen LogP contribution in [0.25, 0.3) is 0 Å². The zero-order valence-corrected chi connectivity index (χ0v) is 17.9. The minimum absolute atomic E-state index is 0.101. The molecule has 0 radical (unpaired) electrons. The monoisotopic (exact) mass is 375 g/mol. The van der Waals surface area contributed by atoms with E-state index in [1.54, 1.807) is 11.3 Å². The largest absolute Gasteiger partial charge is 0.391 e. The van der Waals surface area contributed by atoms with Gasteiger partial charge in [-0.05, 0) is 57.7 Å². The van der Waals surface area contributed by atoms with Crippen LogP contribution in [0.4, 0.5) is 0 Å². The molecule has 0 saturated carbocycles. The van der Waals surface area contributed by atoms with Crippen molar-refractivity contribution >= 4 is 22.9 Å². The molecule has 1 N–H and O–H groups in total. The van der Waals surface area contributed by atoms with E-state index >= 15 is 0 Å². The molecule has 1 unspecified atom stereocenters. The normalized spacial score (nSPS) is 19.1. The smallest absolute Gasteiger partial charge is 0.154 e. The lowest BCUT2D eigenvalue weighted by atomic mass is 10.1. The average molecular weight is 376 g/mol. The predicted octanol–water partition coefficient (Wildman–Crippen LogP) is 5.09. The first kappa shape index (κ1) is 20.8. The van der Waals surface area contributed by atoms with Crippen LogP contribution in [0, 0.1) is 6.92 Å². The second-order valence-corrected chi connectivity index (χ2v) is 8.48. The fourth-order valence-corrected chi connectivity index (χ4v) is 4.29. The highest BCUT2D eigenvalue weighted by Gasteiger charge is 2.29. The van der Waals surface area contributed by atoms with Gasteiger partial charge >= 0.3 is 0 Å². The number of aliphatic imine (C=N–C) groups is 2. The lowest BCUT2D eigenvalue weighted by molar-refractivity contribution is 0.285. The number of aliphatic hydroxyl groups is 1. The third kappa shape index (κ3) is 4.83. The zero-order valence-electron chi connectivity index (χ0n) is 17.0. The van der Waals surface area contributed by atoms with E-state index < -0.39 is 0 Å². The van der Waals surface area contributed by atoms with Gasteiger partial charge < -0.3 is 10.0 Å². The topological polar surface area (TPSA) is 48.2 Å². The molecule has 5 heteroatoms. The molecule has 1 aromatic heterocycles. The maximum Gasteiger partial charge on any atom is 0.154 e. The van der Waals surface area contributed by atoms with Crippen molar-refractivity contribution in [1.29, 1.82) is 0 Å². The van der Waals surface area contributed by atoms with E-state index in [2.05, 4.69) is 58.7 Å². The Labute approximate surface area is 162 Å². The Balaban J connectivity index is 2.33. The van der Waals surface area contributed by atoms with Gasteiger partial charge in [-0.1, -0.05) is 20.3 Å². The van der Waals surface area contributed by atoms with E-state index in [0.29, 0.717) is 12.6 Å². The summed E-state index contributed by atoms with van der Waals surface area (Å²) in [4.78, 5) is 14.4. The second-order valence-electron chi connectivity index (χ2n) is 7.26. The molecule has 2 heterocycles. The summed E-state index contributed by atoms with van der Waals surface area (Å²) in [5.74, 6) is 1.02. The molecule has 4 nitrogen and oxygen atoms in total. The Morgan fingerprint density at radius 2 is 1.96 bits per heavy atom. The van der Waals surface area contributed by atoms with Gasteiger partial charge in [0.2, 0.25) is 0 Å². The van der Waals surface area contributed by atoms with Crippen molar-refractivity contribution in [2.24, 2.45) is 9.98 Å². The third-order valence-electron chi connectivity index (χ3n) is 4.64. The summed E-state index contributed by atoms with van der Waals surface area (Å²) < 4.78 is 0. The van der Waals surface area contributed by atoms with Crippen molar-refractivity contribution in [2.75, 3.05) is 0 Å². The molecule has 0 aromatic carbocycles. The molecule has 2 rings (SSSR count). The van der Waals surface area contributed by atoms with E-state index in [1.165, 1.54) is 22.4 Å². The first-order valence-electron chi connectivity index (χ1n) is 9.69. The second kappa shape index (κ2) is 9.47. The Morgan fingerprint density at radius 1 is 1.23 bits per heavy atom. The average Bonchev–Trinajstić information content (AvgIpc) is 3.10. The van der Waals surface area contributed by atoms with Crippen LogP contribution in [0.5, 0.6) is 0 Å². The van der Waals surface area contributed by atoms with Crippen molar-refractivity contribution in [1.82, 2.24) is 4.90 Å². The van der Waals surface area contributed by atoms with Gasteiger partial charge in [0.25, 0.3) is 0 Å². The number of nitrogens with zero attached hydrogens (tertiary/aromatic N) is 3. The molecule has 26 heavy (non-hydrogen) atoms. The predicted molar refractivity (Wildman–Crippen MR) is 113 cm³/mol. The van der Waals surface area contributed by atoms with Gasteiger partial charge in [-0.15, -0.1) is 11.3 Å². The molecular formula is C21H33N3OS. The van der Waals surface area contributed by atoms with E-state index in [9.17, 15) is 5.11 Å². The zero-order chi connectivity index (χ0) is 19.3. The van der Waals surface area contributed by atoms with Crippen LogP contribution < -0.4 is 0 Å². The summed E-state index contributed by atoms with van der Waals surface area (Å²) in [6.45, 7) is 13.7. The van der Waals surface area contributed by atoms with Gasteiger partial charge in [-0.2, -0.15) is 0 Å². The summed E-state index contributed by atoms with van der Waals surface area (Å²) in [6.07, 6.45) is 5.66. The standard InChI is InChI=1S/C21H33N3OS/c1-7-9-17(8-2)24-12-16(6)20(21(24)23-14(3)4)22-11-19-15(5)10-18(13-25)26-19/h10,12,14,17,25H,7-9,11,13H2,1-6H3. The van der Waals surface area contributed by atoms with Gasteiger partial charge in [0, 0.05) is 28.0 Å². The van der Waals surface area contributed by atoms with Gasteiger partial charge in [-0.25, -0.2) is 0 Å². The van der Waals surface area contributed by atoms with Crippen molar-refractivity contribution in [3.05, 3.63) is 33.2 Å². The van der Waals surface area contributed by atoms with E-state index in [-0.39, 0.29) is 12.6 Å². The van der Waals surface area contributed by atoms with E-state index in [1.807, 2.05) is 0 Å². The molecule has 0 spiro atoms. The Kier molecular flexibility index (Phi) is 7.59. The van der Waals surface area contributed by atoms with Gasteiger partial charge in [0.1, 0.15) is 5.71 Å². The fourth-order valence-electron chi connectivity index (χ4n) is 3.32. The summed E-state index contributed by atoms with van der Waals surface area (Å²) >= 11 is 1.65. The molecule has 0 bridgehead atoms. The Morgan fingerprint density at radius 3 is 2.50 bits per heavy atom. The van der Waals surface area contributed by atoms with Crippen LogP contribution in [0.2, 0.25) is 0 Å². The number of hydrogen-bond donors (Lipinski definition) is 1. The first-order chi connectivity index (χ1) is 12.4. The van der Waals surface area contributed by atoms with Gasteiger partial charge in [-0.3, -0.25) is 9.98 Å². The molecule has 1 atom stereocenters. The van der Waals surface area contributed by atoms with Crippen LogP contribution in [0.1, 0.15) is 69.2 Å². The van der Waals surface area contributed by atoms with Crippen molar-refractivity contribution < 1.29 is 5.11 Å². The molecule has 0 aliphatic carbocycles. The molecule has 0 fully saturated rings. The summed E-state index contributed by atoms with van der Waals surface area (Å²) in [5, 5.41) is 9.35. The number of hydrogen-bond acceptors (Lipinski definition) is 4. The van der Waals surface area contributed by atoms with Crippen molar-refractivity contribution in [3.63, 3.8) is 0 Å². The molecule has 0 amide bonds. The molecule has 1 aromatic rings. The lowest BCUT2D eigenvalue weighted by Gasteiger charge is -2.27. The number of aliphatic hydroxyl groups excluding tert-OH is 1. The highest BCUT2D eigenvalue weighted by Crippen LogP contribution is 2.26. The van der Waals surface area contributed by atoms with Crippen LogP contribution in [-0.2, 0) is 13.2 Å². The first-order valence-corrected chi connectivity index (χ1v) is 10.5. The minimum atomic E-state index is 0.101. The highest BCUT2D eigenvalue weighted by atomic mass is 32.1. The van der Waals surface area contributed by atoms with E-state index in [0.717, 1.165) is 29.3 Å². The Hall–Kier alpha value is -1.46. The van der Waals surface area contributed by atoms with Crippen LogP contribution >= 0.6 is 11.3 Å². The number of amidine groups is 1. The van der Waals surface area contributed by atoms with Gasteiger partial charge in [0.15, 0.2) is 5.84 Å². The molecular weight excluding hydrogens is 342 g/mol. The number of aryl methyl sites for hydroxylation is 1. The summed E-state index contributed by atoms with van der Waals surface area (Å²) in [6, 6.07) is 2.77. The third-order valence-corrected chi connectivity index (χ3v) is 5.84.